The van der Waals surface area contributed by atoms with Gasteiger partial charge in [0.15, 0.2) is 0 Å². The minimum atomic E-state index is -5.84. The van der Waals surface area contributed by atoms with Gasteiger partial charge in [-0.2, -0.15) is 51.8 Å². The molecule has 0 aliphatic heterocycles. The summed E-state index contributed by atoms with van der Waals surface area (Å²) in [5.41, 5.74) is -5.53. The van der Waals surface area contributed by atoms with Crippen molar-refractivity contribution >= 4 is 10.1 Å². The van der Waals surface area contributed by atoms with E-state index in [1.165, 1.54) is 18.4 Å². The topological polar surface area (TPSA) is 54.4 Å². The summed E-state index contributed by atoms with van der Waals surface area (Å²) in [6, 6.07) is 0. The molecular weight excluding hydrogens is 376 g/mol. The molecule has 0 aromatic heterocycles. The van der Waals surface area contributed by atoms with Gasteiger partial charge in [-0.25, -0.2) is 19.6 Å². The Morgan fingerprint density at radius 2 is 1.68 bits per heavy atom. The number of hydrogen-bond donors (Lipinski definition) is 1. The molecule has 0 aromatic rings. The van der Waals surface area contributed by atoms with Crippen molar-refractivity contribution in [2.45, 2.75) is 11.9 Å². The zero-order chi connectivity index (χ0) is 14.4. The van der Waals surface area contributed by atoms with Crippen molar-refractivity contribution in [1.82, 2.24) is 0 Å². The number of allylic oxidation sites excluding steroid dienone is 5. The molecule has 2 aliphatic carbocycles. The van der Waals surface area contributed by atoms with Crippen molar-refractivity contribution in [2.24, 2.45) is 5.92 Å². The second-order valence-corrected chi connectivity index (χ2v) is 4.78. The Hall–Kier alpha value is -0.678. The molecule has 0 heterocycles. The predicted molar refractivity (Wildman–Crippen MR) is 62.8 cm³/mol. The minimum Gasteiger partial charge on any atom is -0.279 e. The fourth-order valence-electron chi connectivity index (χ4n) is 1.16. The predicted octanol–water partition coefficient (Wildman–Crippen LogP) is 3.10. The smallest absolute Gasteiger partial charge is 0.279 e. The number of hydrogen-bond acceptors (Lipinski definition) is 2. The first-order valence-corrected chi connectivity index (χ1v) is 6.22. The van der Waals surface area contributed by atoms with E-state index < -0.39 is 15.6 Å². The number of rotatable bonds is 0. The third-order valence-electron chi connectivity index (χ3n) is 1.88. The summed E-state index contributed by atoms with van der Waals surface area (Å²) < 4.78 is 57.5. The number of fused-ring (bicyclic) bond motifs is 2. The Morgan fingerprint density at radius 1 is 1.37 bits per heavy atom. The molecule has 8 heteroatoms. The van der Waals surface area contributed by atoms with E-state index in [1.54, 1.807) is 0 Å². The van der Waals surface area contributed by atoms with Crippen molar-refractivity contribution < 1.29 is 46.6 Å². The SMILES string of the molecule is C1=CC2C=C[C-]1C2.C=C[CH2-].O=S(=O)(O)C(F)(F)F.[Pd+2]. The summed E-state index contributed by atoms with van der Waals surface area (Å²) in [7, 11) is -5.84. The zero-order valence-electron chi connectivity index (χ0n) is 9.71. The van der Waals surface area contributed by atoms with Crippen molar-refractivity contribution in [2.75, 3.05) is 0 Å². The van der Waals surface area contributed by atoms with Crippen LogP contribution >= 0.6 is 0 Å². The zero-order valence-corrected chi connectivity index (χ0v) is 12.1. The van der Waals surface area contributed by atoms with E-state index in [2.05, 4.69) is 37.8 Å². The van der Waals surface area contributed by atoms with E-state index in [4.69, 9.17) is 13.0 Å². The van der Waals surface area contributed by atoms with Crippen LogP contribution in [0.25, 0.3) is 0 Å². The first kappa shape index (κ1) is 20.6. The molecule has 19 heavy (non-hydrogen) atoms. The van der Waals surface area contributed by atoms with E-state index in [0.717, 1.165) is 5.92 Å². The quantitative estimate of drug-likeness (QED) is 0.300. The van der Waals surface area contributed by atoms with Crippen LogP contribution in [0.1, 0.15) is 6.42 Å². The van der Waals surface area contributed by atoms with Gasteiger partial charge in [-0.05, 0) is 0 Å². The van der Waals surface area contributed by atoms with Gasteiger partial charge in [-0.1, -0.05) is 6.42 Å². The summed E-state index contributed by atoms with van der Waals surface area (Å²) in [5.74, 6) is 2.28. The van der Waals surface area contributed by atoms with Gasteiger partial charge in [0.2, 0.25) is 0 Å². The molecule has 0 atom stereocenters. The van der Waals surface area contributed by atoms with Crippen molar-refractivity contribution in [1.29, 1.82) is 0 Å². The molecule has 112 valence electrons. The van der Waals surface area contributed by atoms with Crippen LogP contribution in [0.2, 0.25) is 0 Å². The molecule has 0 radical (unpaired) electrons. The van der Waals surface area contributed by atoms with Gasteiger partial charge >= 0.3 is 36.0 Å². The fraction of sp³-hybridized carbons (Fsp3) is 0.273. The van der Waals surface area contributed by atoms with Gasteiger partial charge in [0.25, 0.3) is 0 Å². The maximum Gasteiger partial charge on any atom is 2.00 e. The Morgan fingerprint density at radius 3 is 1.74 bits per heavy atom. The van der Waals surface area contributed by atoms with Crippen LogP contribution in [0.4, 0.5) is 13.2 Å². The maximum absolute atomic E-state index is 10.7. The standard InChI is InChI=1S/C7H7.C3H5.CHF3O3S.Pd/c1-2-7-4-3-6(1)5-7;1-3-2;2-1(3,4)8(5,6)7;/h1-4,6H,5H2;3H,1-2H2;(H,5,6,7);/q2*-1;;+2. The third-order valence-corrected chi connectivity index (χ3v) is 2.46. The largest absolute Gasteiger partial charge is 2.00 e. The summed E-state index contributed by atoms with van der Waals surface area (Å²) in [6.07, 6.45) is 11.7. The van der Waals surface area contributed by atoms with Gasteiger partial charge in [0, 0.05) is 0 Å². The van der Waals surface area contributed by atoms with E-state index >= 15 is 0 Å². The molecule has 0 unspecified atom stereocenters. The van der Waals surface area contributed by atoms with E-state index in [0.29, 0.717) is 0 Å². The Labute approximate surface area is 124 Å². The van der Waals surface area contributed by atoms with Gasteiger partial charge in [-0.15, -0.1) is 5.92 Å². The minimum absolute atomic E-state index is 0. The first-order chi connectivity index (χ1) is 8.11. The van der Waals surface area contributed by atoms with Crippen LogP contribution in [0.5, 0.6) is 0 Å². The third kappa shape index (κ3) is 8.16. The molecular formula is C11H13F3O3PdS. The summed E-state index contributed by atoms with van der Waals surface area (Å²) in [6.45, 7) is 6.50. The van der Waals surface area contributed by atoms with Crippen LogP contribution < -0.4 is 0 Å². The molecule has 0 aromatic carbocycles. The second-order valence-electron chi connectivity index (χ2n) is 3.37. The summed E-state index contributed by atoms with van der Waals surface area (Å²) >= 11 is 0. The molecule has 0 spiro atoms. The van der Waals surface area contributed by atoms with Gasteiger partial charge in [-0.3, -0.25) is 4.55 Å². The van der Waals surface area contributed by atoms with Crippen molar-refractivity contribution in [3.8, 4) is 0 Å². The van der Waals surface area contributed by atoms with Crippen LogP contribution in [0.15, 0.2) is 37.0 Å². The number of halogens is 3. The van der Waals surface area contributed by atoms with Crippen LogP contribution in [0, 0.1) is 18.8 Å². The van der Waals surface area contributed by atoms with Crippen LogP contribution in [-0.2, 0) is 30.5 Å². The Balaban J connectivity index is 0. The molecule has 0 fully saturated rings. The Bertz CT molecular complexity index is 399. The molecule has 0 saturated carbocycles. The van der Waals surface area contributed by atoms with Gasteiger partial charge in [0.05, 0.1) is 0 Å². The monoisotopic (exact) mass is 388 g/mol. The molecule has 2 aliphatic rings. The molecule has 1 N–H and O–H groups in total. The van der Waals surface area contributed by atoms with E-state index in [9.17, 15) is 13.2 Å². The Kier molecular flexibility index (Phi) is 9.22. The molecule has 0 amide bonds. The van der Waals surface area contributed by atoms with Crippen LogP contribution in [-0.4, -0.2) is 18.5 Å². The molecule has 0 saturated heterocycles. The molecule has 2 rings (SSSR count). The van der Waals surface area contributed by atoms with E-state index in [1.807, 2.05) is 0 Å². The molecule has 3 nitrogen and oxygen atoms in total. The normalized spacial score (nSPS) is 15.9. The van der Waals surface area contributed by atoms with Gasteiger partial charge in [0.1, 0.15) is 0 Å². The maximum atomic E-state index is 10.7. The molecule has 2 bridgehead atoms. The van der Waals surface area contributed by atoms with Crippen molar-refractivity contribution in [3.05, 3.63) is 49.8 Å². The summed E-state index contributed by atoms with van der Waals surface area (Å²) in [4.78, 5) is 0. The average Bonchev–Trinajstić information content (AvgIpc) is 2.79. The number of alkyl halides is 3. The average molecular weight is 389 g/mol. The van der Waals surface area contributed by atoms with Crippen molar-refractivity contribution in [3.63, 3.8) is 0 Å². The van der Waals surface area contributed by atoms with Crippen LogP contribution in [0.3, 0.4) is 0 Å². The summed E-state index contributed by atoms with van der Waals surface area (Å²) in [5, 5.41) is 0. The first-order valence-electron chi connectivity index (χ1n) is 4.78. The fourth-order valence-corrected chi connectivity index (χ4v) is 1.16. The second kappa shape index (κ2) is 8.48. The van der Waals surface area contributed by atoms with Gasteiger partial charge < -0.3 is 0 Å². The van der Waals surface area contributed by atoms with E-state index in [-0.39, 0.29) is 20.4 Å².